The highest BCUT2D eigenvalue weighted by Crippen LogP contribution is 2.29. The maximum atomic E-state index is 8.83. The minimum Gasteiger partial charge on any atom is -0.334 e. The molecule has 5 nitrogen and oxygen atoms in total. The summed E-state index contributed by atoms with van der Waals surface area (Å²) in [6.45, 7) is 0. The first kappa shape index (κ1) is 18.0. The number of aliphatic imine (C=N–C) groups is 1. The zero-order valence-electron chi connectivity index (χ0n) is 14.8. The molecule has 0 aromatic heterocycles. The normalized spacial score (nSPS) is 11.5. The van der Waals surface area contributed by atoms with E-state index in [0.717, 1.165) is 44.7 Å². The van der Waals surface area contributed by atoms with Crippen LogP contribution in [0.3, 0.4) is 0 Å². The van der Waals surface area contributed by atoms with E-state index in [2.05, 4.69) is 10.2 Å². The van der Waals surface area contributed by atoms with Crippen molar-refractivity contribution in [2.24, 2.45) is 4.99 Å². The predicted octanol–water partition coefficient (Wildman–Crippen LogP) is 6.25. The summed E-state index contributed by atoms with van der Waals surface area (Å²) in [6, 6.07) is 27.8. The van der Waals surface area contributed by atoms with Gasteiger partial charge in [0.2, 0.25) is 0 Å². The molecule has 0 amide bonds. The van der Waals surface area contributed by atoms with Gasteiger partial charge in [-0.1, -0.05) is 72.8 Å². The summed E-state index contributed by atoms with van der Waals surface area (Å²) in [6.07, 6.45) is 0. The average molecular weight is 387 g/mol. The fourth-order valence-corrected chi connectivity index (χ4v) is 3.57. The molecule has 3 N–H and O–H groups in total. The minimum absolute atomic E-state index is 0.369. The van der Waals surface area contributed by atoms with Crippen molar-refractivity contribution < 1.29 is 10.1 Å². The van der Waals surface area contributed by atoms with Crippen molar-refractivity contribution in [3.63, 3.8) is 0 Å². The van der Waals surface area contributed by atoms with Crippen molar-refractivity contribution in [3.05, 3.63) is 84.9 Å². The second kappa shape index (κ2) is 8.12. The monoisotopic (exact) mass is 387 g/mol. The van der Waals surface area contributed by atoms with E-state index < -0.39 is 0 Å². The van der Waals surface area contributed by atoms with Crippen molar-refractivity contribution in [1.29, 1.82) is 5.41 Å². The first-order chi connectivity index (χ1) is 13.7. The fraction of sp³-hybridized carbons (Fsp3) is 0. The molecule has 0 aliphatic rings. The van der Waals surface area contributed by atoms with Gasteiger partial charge in [-0.25, -0.2) is 10.2 Å². The molecular weight excluding hydrogens is 370 g/mol. The molecule has 0 saturated heterocycles. The lowest BCUT2D eigenvalue weighted by atomic mass is 10.1. The molecule has 4 aromatic carbocycles. The molecule has 0 heterocycles. The van der Waals surface area contributed by atoms with E-state index in [1.165, 1.54) is 0 Å². The van der Waals surface area contributed by atoms with Crippen LogP contribution in [0.4, 0.5) is 11.4 Å². The van der Waals surface area contributed by atoms with Crippen molar-refractivity contribution in [1.82, 2.24) is 0 Å². The van der Waals surface area contributed by atoms with E-state index >= 15 is 0 Å². The van der Waals surface area contributed by atoms with E-state index in [0.29, 0.717) is 5.17 Å². The number of nitrogens with one attached hydrogen (secondary N) is 2. The van der Waals surface area contributed by atoms with E-state index in [-0.39, 0.29) is 5.23 Å². The average Bonchev–Trinajstić information content (AvgIpc) is 2.74. The lowest BCUT2D eigenvalue weighted by Gasteiger charge is -2.12. The molecular formula is C22H17N3O2S. The highest BCUT2D eigenvalue weighted by atomic mass is 32.2. The summed E-state index contributed by atoms with van der Waals surface area (Å²) in [5, 5.41) is 24.1. The Balaban J connectivity index is 1.79. The van der Waals surface area contributed by atoms with Crippen LogP contribution in [0.1, 0.15) is 0 Å². The number of hydrogen-bond acceptors (Lipinski definition) is 5. The zero-order chi connectivity index (χ0) is 19.3. The molecule has 0 bridgehead atoms. The van der Waals surface area contributed by atoms with Crippen molar-refractivity contribution in [2.45, 2.75) is 0 Å². The largest absolute Gasteiger partial charge is 0.334 e. The first-order valence-electron chi connectivity index (χ1n) is 8.63. The molecule has 4 rings (SSSR count). The van der Waals surface area contributed by atoms with Crippen LogP contribution in [0.5, 0.6) is 0 Å². The van der Waals surface area contributed by atoms with E-state index in [9.17, 15) is 0 Å². The minimum atomic E-state index is -0.369. The Morgan fingerprint density at radius 2 is 1.43 bits per heavy atom. The summed E-state index contributed by atoms with van der Waals surface area (Å²) in [5.41, 5.74) is 1.62. The van der Waals surface area contributed by atoms with Gasteiger partial charge in [-0.2, -0.15) is 0 Å². The third-order valence-electron chi connectivity index (χ3n) is 4.29. The number of thioether (sulfide) groups is 1. The molecule has 0 radical (unpaired) electrons. The topological polar surface area (TPSA) is 77.7 Å². The summed E-state index contributed by atoms with van der Waals surface area (Å²) in [4.78, 5) is 8.77. The van der Waals surface area contributed by atoms with Gasteiger partial charge in [-0.15, -0.1) is 0 Å². The molecule has 4 aromatic rings. The Morgan fingerprint density at radius 1 is 0.821 bits per heavy atom. The SMILES string of the molecule is N=C(OO)SC(=Nc1cccc2ccccc12)Nc1cccc2ccccc12. The Kier molecular flexibility index (Phi) is 5.23. The highest BCUT2D eigenvalue weighted by Gasteiger charge is 2.11. The molecule has 0 aliphatic heterocycles. The Hall–Kier alpha value is -3.35. The molecule has 6 heteroatoms. The Bertz CT molecular complexity index is 1180. The van der Waals surface area contributed by atoms with Gasteiger partial charge in [0.05, 0.1) is 5.69 Å². The lowest BCUT2D eigenvalue weighted by molar-refractivity contribution is -0.151. The van der Waals surface area contributed by atoms with Gasteiger partial charge >= 0.3 is 0 Å². The molecule has 138 valence electrons. The molecule has 0 atom stereocenters. The van der Waals surface area contributed by atoms with Crippen LogP contribution in [-0.4, -0.2) is 15.7 Å². The summed E-state index contributed by atoms with van der Waals surface area (Å²) in [7, 11) is 0. The number of nitrogens with zero attached hydrogens (tertiary/aromatic N) is 1. The van der Waals surface area contributed by atoms with Gasteiger partial charge in [-0.05, 0) is 22.9 Å². The lowest BCUT2D eigenvalue weighted by Crippen LogP contribution is -2.11. The van der Waals surface area contributed by atoms with Crippen molar-refractivity contribution in [3.8, 4) is 0 Å². The van der Waals surface area contributed by atoms with E-state index in [1.807, 2.05) is 84.9 Å². The van der Waals surface area contributed by atoms with Crippen LogP contribution in [0.25, 0.3) is 21.5 Å². The number of amidine groups is 1. The van der Waals surface area contributed by atoms with Gasteiger partial charge in [-0.3, -0.25) is 5.41 Å². The molecule has 0 spiro atoms. The van der Waals surface area contributed by atoms with Crippen molar-refractivity contribution >= 4 is 55.1 Å². The van der Waals surface area contributed by atoms with Gasteiger partial charge in [0.15, 0.2) is 5.17 Å². The molecule has 28 heavy (non-hydrogen) atoms. The number of fused-ring (bicyclic) bond motifs is 2. The van der Waals surface area contributed by atoms with Gasteiger partial charge in [0.1, 0.15) is 0 Å². The van der Waals surface area contributed by atoms with Gasteiger partial charge in [0.25, 0.3) is 5.23 Å². The van der Waals surface area contributed by atoms with Crippen LogP contribution >= 0.6 is 11.8 Å². The van der Waals surface area contributed by atoms with Crippen LogP contribution in [0, 0.1) is 5.41 Å². The maximum absolute atomic E-state index is 8.83. The smallest absolute Gasteiger partial charge is 0.291 e. The number of benzene rings is 4. The van der Waals surface area contributed by atoms with Gasteiger partial charge < -0.3 is 10.2 Å². The molecule has 0 fully saturated rings. The second-order valence-electron chi connectivity index (χ2n) is 6.05. The molecule has 0 aliphatic carbocycles. The molecule has 0 unspecified atom stereocenters. The predicted molar refractivity (Wildman–Crippen MR) is 118 cm³/mol. The Labute approximate surface area is 166 Å². The van der Waals surface area contributed by atoms with Crippen molar-refractivity contribution in [2.75, 3.05) is 5.32 Å². The van der Waals surface area contributed by atoms with Crippen LogP contribution < -0.4 is 5.32 Å². The summed E-state index contributed by atoms with van der Waals surface area (Å²) in [5.74, 6) is 0. The highest BCUT2D eigenvalue weighted by molar-refractivity contribution is 8.26. The van der Waals surface area contributed by atoms with E-state index in [1.54, 1.807) is 0 Å². The third kappa shape index (κ3) is 3.83. The number of anilines is 1. The standard InChI is InChI=1S/C22H17N3O2S/c23-21(27-26)28-22(24-19-13-5-9-15-7-1-3-11-17(15)19)25-20-14-6-10-16-8-2-4-12-18(16)20/h1-14,23,26H,(H,24,25). The molecule has 0 saturated carbocycles. The second-order valence-corrected chi connectivity index (χ2v) is 7.01. The van der Waals surface area contributed by atoms with Crippen LogP contribution in [0.2, 0.25) is 0 Å². The first-order valence-corrected chi connectivity index (χ1v) is 9.45. The zero-order valence-corrected chi connectivity index (χ0v) is 15.6. The van der Waals surface area contributed by atoms with Crippen LogP contribution in [-0.2, 0) is 4.89 Å². The number of hydrogen-bond donors (Lipinski definition) is 3. The Morgan fingerprint density at radius 3 is 2.18 bits per heavy atom. The maximum Gasteiger partial charge on any atom is 0.291 e. The summed E-state index contributed by atoms with van der Waals surface area (Å²) < 4.78 is 0. The van der Waals surface area contributed by atoms with Crippen LogP contribution in [0.15, 0.2) is 89.9 Å². The summed E-state index contributed by atoms with van der Waals surface area (Å²) >= 11 is 0.901. The quantitative estimate of drug-likeness (QED) is 0.164. The van der Waals surface area contributed by atoms with Gasteiger partial charge in [0, 0.05) is 28.2 Å². The third-order valence-corrected chi connectivity index (χ3v) is 4.94. The number of rotatable bonds is 2. The fourth-order valence-electron chi connectivity index (χ4n) is 3.05. The van der Waals surface area contributed by atoms with E-state index in [4.69, 9.17) is 15.7 Å².